The van der Waals surface area contributed by atoms with E-state index in [-0.39, 0.29) is 0 Å². The van der Waals surface area contributed by atoms with Crippen LogP contribution in [0, 0.1) is 0 Å². The highest BCUT2D eigenvalue weighted by molar-refractivity contribution is 6.30. The van der Waals surface area contributed by atoms with E-state index >= 15 is 0 Å². The molecule has 0 aliphatic carbocycles. The van der Waals surface area contributed by atoms with Gasteiger partial charge in [-0.25, -0.2) is 0 Å². The highest BCUT2D eigenvalue weighted by atomic mass is 35.5. The van der Waals surface area contributed by atoms with Crippen LogP contribution in [0.25, 0.3) is 12.2 Å². The molecule has 68 valence electrons. The standard InChI is InChI=1S/C11H12ClN/c1-8(5-6-13)11-4-3-10(12)7-9(11)2/h3-7H,2,13H2,1H3/b6-5-,11-8-. The van der Waals surface area contributed by atoms with Crippen molar-refractivity contribution in [1.82, 2.24) is 0 Å². The van der Waals surface area contributed by atoms with Gasteiger partial charge in [0, 0.05) is 5.02 Å². The first-order valence-corrected chi connectivity index (χ1v) is 4.36. The topological polar surface area (TPSA) is 26.0 Å². The molecule has 0 heterocycles. The fourth-order valence-electron chi connectivity index (χ4n) is 1.18. The average Bonchev–Trinajstić information content (AvgIpc) is 2.04. The quantitative estimate of drug-likeness (QED) is 0.717. The maximum Gasteiger partial charge on any atom is 0.0412 e. The summed E-state index contributed by atoms with van der Waals surface area (Å²) in [4.78, 5) is 0. The molecule has 2 N–H and O–H groups in total. The largest absolute Gasteiger partial charge is 0.405 e. The second-order valence-corrected chi connectivity index (χ2v) is 3.28. The summed E-state index contributed by atoms with van der Waals surface area (Å²) in [7, 11) is 0. The summed E-state index contributed by atoms with van der Waals surface area (Å²) >= 11 is 5.81. The zero-order chi connectivity index (χ0) is 9.84. The lowest BCUT2D eigenvalue weighted by Gasteiger charge is -1.94. The van der Waals surface area contributed by atoms with Crippen molar-refractivity contribution in [3.8, 4) is 0 Å². The molecule has 13 heavy (non-hydrogen) atoms. The predicted molar refractivity (Wildman–Crippen MR) is 58.6 cm³/mol. The summed E-state index contributed by atoms with van der Waals surface area (Å²) < 4.78 is 0. The monoisotopic (exact) mass is 193 g/mol. The Hall–Kier alpha value is -1.21. The normalized spacial score (nSPS) is 13.4. The average molecular weight is 194 g/mol. The van der Waals surface area contributed by atoms with Gasteiger partial charge in [-0.2, -0.15) is 0 Å². The number of nitrogens with two attached hydrogens (primary N) is 1. The number of rotatable bonds is 1. The Morgan fingerprint density at radius 2 is 2.23 bits per heavy atom. The van der Waals surface area contributed by atoms with Crippen LogP contribution in [0.1, 0.15) is 6.92 Å². The van der Waals surface area contributed by atoms with Crippen LogP contribution in [0.4, 0.5) is 0 Å². The predicted octanol–water partition coefficient (Wildman–Crippen LogP) is 1.39. The van der Waals surface area contributed by atoms with E-state index in [1.54, 1.807) is 0 Å². The first-order chi connectivity index (χ1) is 6.15. The first kappa shape index (κ1) is 9.87. The highest BCUT2D eigenvalue weighted by Crippen LogP contribution is 2.00. The van der Waals surface area contributed by atoms with Crippen molar-refractivity contribution < 1.29 is 0 Å². The molecule has 1 aromatic carbocycles. The number of benzene rings is 1. The van der Waals surface area contributed by atoms with Gasteiger partial charge in [0.2, 0.25) is 0 Å². The summed E-state index contributed by atoms with van der Waals surface area (Å²) in [5.41, 5.74) is 6.39. The Balaban J connectivity index is 3.47. The van der Waals surface area contributed by atoms with Crippen LogP contribution >= 0.6 is 11.6 Å². The lowest BCUT2D eigenvalue weighted by molar-refractivity contribution is 1.47. The molecule has 0 aliphatic rings. The third kappa shape index (κ3) is 2.36. The number of hydrogen-bond acceptors (Lipinski definition) is 1. The molecule has 0 aromatic heterocycles. The van der Waals surface area contributed by atoms with E-state index in [1.165, 1.54) is 6.20 Å². The molecule has 0 atom stereocenters. The van der Waals surface area contributed by atoms with Gasteiger partial charge in [-0.05, 0) is 47.3 Å². The Morgan fingerprint density at radius 3 is 2.77 bits per heavy atom. The van der Waals surface area contributed by atoms with E-state index < -0.39 is 0 Å². The fourth-order valence-corrected chi connectivity index (χ4v) is 1.38. The van der Waals surface area contributed by atoms with Crippen molar-refractivity contribution in [2.45, 2.75) is 6.92 Å². The number of halogens is 1. The van der Waals surface area contributed by atoms with E-state index in [4.69, 9.17) is 17.3 Å². The second-order valence-electron chi connectivity index (χ2n) is 2.84. The highest BCUT2D eigenvalue weighted by Gasteiger charge is 1.89. The van der Waals surface area contributed by atoms with E-state index in [0.717, 1.165) is 16.0 Å². The summed E-state index contributed by atoms with van der Waals surface area (Å²) in [6.45, 7) is 5.89. The summed E-state index contributed by atoms with van der Waals surface area (Å²) in [6, 6.07) is 5.63. The molecule has 0 bridgehead atoms. The van der Waals surface area contributed by atoms with E-state index in [0.29, 0.717) is 5.02 Å². The van der Waals surface area contributed by atoms with Crippen molar-refractivity contribution >= 4 is 23.8 Å². The van der Waals surface area contributed by atoms with Gasteiger partial charge in [-0.3, -0.25) is 0 Å². The van der Waals surface area contributed by atoms with Crippen molar-refractivity contribution in [3.05, 3.63) is 45.9 Å². The van der Waals surface area contributed by atoms with Gasteiger partial charge in [0.25, 0.3) is 0 Å². The molecule has 0 spiro atoms. The molecule has 0 fully saturated rings. The molecule has 0 saturated carbocycles. The minimum atomic E-state index is 0.707. The van der Waals surface area contributed by atoms with Gasteiger partial charge >= 0.3 is 0 Å². The zero-order valence-corrected chi connectivity index (χ0v) is 8.31. The molecule has 1 aromatic rings. The molecule has 1 nitrogen and oxygen atoms in total. The van der Waals surface area contributed by atoms with Gasteiger partial charge < -0.3 is 5.73 Å². The van der Waals surface area contributed by atoms with Crippen molar-refractivity contribution in [2.75, 3.05) is 0 Å². The Kier molecular flexibility index (Phi) is 3.15. The molecular formula is C11H12ClN. The van der Waals surface area contributed by atoms with Crippen LogP contribution < -0.4 is 16.2 Å². The minimum Gasteiger partial charge on any atom is -0.405 e. The Labute approximate surface area is 82.8 Å². The van der Waals surface area contributed by atoms with Crippen LogP contribution in [-0.2, 0) is 0 Å². The van der Waals surface area contributed by atoms with Crippen LogP contribution in [0.2, 0.25) is 5.02 Å². The van der Waals surface area contributed by atoms with Crippen LogP contribution in [-0.4, -0.2) is 0 Å². The molecule has 0 amide bonds. The van der Waals surface area contributed by atoms with E-state index in [1.807, 2.05) is 31.2 Å². The minimum absolute atomic E-state index is 0.707. The van der Waals surface area contributed by atoms with Gasteiger partial charge in [-0.1, -0.05) is 24.2 Å². The molecule has 2 heteroatoms. The summed E-state index contributed by atoms with van der Waals surface area (Å²) in [5.74, 6) is 0. The van der Waals surface area contributed by atoms with Crippen LogP contribution in [0.15, 0.2) is 30.5 Å². The lowest BCUT2D eigenvalue weighted by Crippen LogP contribution is -2.24. The van der Waals surface area contributed by atoms with Crippen molar-refractivity contribution in [1.29, 1.82) is 0 Å². The first-order valence-electron chi connectivity index (χ1n) is 3.99. The van der Waals surface area contributed by atoms with E-state index in [9.17, 15) is 0 Å². The maximum absolute atomic E-state index is 5.81. The Morgan fingerprint density at radius 1 is 1.54 bits per heavy atom. The molecular weight excluding hydrogens is 182 g/mol. The van der Waals surface area contributed by atoms with Gasteiger partial charge in [0.15, 0.2) is 0 Å². The lowest BCUT2D eigenvalue weighted by atomic mass is 10.1. The second kappa shape index (κ2) is 4.15. The molecule has 0 unspecified atom stereocenters. The number of allylic oxidation sites excluding steroid dienone is 1. The molecule has 0 saturated heterocycles. The Bertz CT molecular complexity index is 432. The molecule has 0 aliphatic heterocycles. The van der Waals surface area contributed by atoms with Gasteiger partial charge in [0.05, 0.1) is 0 Å². The summed E-state index contributed by atoms with van der Waals surface area (Å²) in [5, 5.41) is 2.70. The molecule has 0 radical (unpaired) electrons. The smallest absolute Gasteiger partial charge is 0.0412 e. The van der Waals surface area contributed by atoms with Crippen LogP contribution in [0.3, 0.4) is 0 Å². The summed E-state index contributed by atoms with van der Waals surface area (Å²) in [6.07, 6.45) is 3.36. The fraction of sp³-hybridized carbons (Fsp3) is 0.0909. The third-order valence-corrected chi connectivity index (χ3v) is 2.07. The third-order valence-electron chi connectivity index (χ3n) is 1.84. The van der Waals surface area contributed by atoms with E-state index in [2.05, 4.69) is 6.58 Å². The van der Waals surface area contributed by atoms with Crippen molar-refractivity contribution in [3.63, 3.8) is 0 Å². The van der Waals surface area contributed by atoms with Gasteiger partial charge in [-0.15, -0.1) is 0 Å². The number of hydrogen-bond donors (Lipinski definition) is 1. The van der Waals surface area contributed by atoms with Crippen molar-refractivity contribution in [2.24, 2.45) is 5.73 Å². The SMILES string of the molecule is C=c1cc(Cl)cc/c1=C(C)/C=C\N. The van der Waals surface area contributed by atoms with Crippen LogP contribution in [0.5, 0.6) is 0 Å². The maximum atomic E-state index is 5.81. The molecule has 1 rings (SSSR count). The zero-order valence-electron chi connectivity index (χ0n) is 7.55. The van der Waals surface area contributed by atoms with Gasteiger partial charge in [0.1, 0.15) is 0 Å².